The van der Waals surface area contributed by atoms with Gasteiger partial charge in [-0.1, -0.05) is 120 Å². The zero-order chi connectivity index (χ0) is 96.4. The van der Waals surface area contributed by atoms with E-state index in [1.54, 1.807) is 97.1 Å². The van der Waals surface area contributed by atoms with Gasteiger partial charge in [0.15, 0.2) is 0 Å². The Labute approximate surface area is 808 Å². The molecule has 0 saturated carbocycles. The number of aromatic nitrogens is 4. The van der Waals surface area contributed by atoms with Crippen LogP contribution in [0.3, 0.4) is 0 Å². The molecule has 14 rings (SSSR count). The summed E-state index contributed by atoms with van der Waals surface area (Å²) in [4.78, 5) is 118. The van der Waals surface area contributed by atoms with Gasteiger partial charge in [-0.25, -0.2) is 58.3 Å². The van der Waals surface area contributed by atoms with Crippen LogP contribution in [0.2, 0.25) is 0 Å². The summed E-state index contributed by atoms with van der Waals surface area (Å²) in [6.07, 6.45) is 17.8. The van der Waals surface area contributed by atoms with Crippen LogP contribution in [-0.2, 0) is 38.1 Å². The van der Waals surface area contributed by atoms with Gasteiger partial charge in [0.1, 0.15) is 46.0 Å². The summed E-state index contributed by atoms with van der Waals surface area (Å²) in [5.74, 6) is -2.15. The second-order valence-corrected chi connectivity index (χ2v) is 33.5. The van der Waals surface area contributed by atoms with Crippen molar-refractivity contribution in [1.82, 2.24) is 19.9 Å². The lowest BCUT2D eigenvalue weighted by molar-refractivity contribution is -0.138. The van der Waals surface area contributed by atoms with Crippen LogP contribution in [0.1, 0.15) is 128 Å². The Balaban J connectivity index is 0.000000234. The molecule has 0 unspecified atom stereocenters. The fraction of sp³-hybridized carbons (Fsp3) is 0.176. The second kappa shape index (κ2) is 52.3. The maximum absolute atomic E-state index is 13.8. The van der Waals surface area contributed by atoms with Gasteiger partial charge in [-0.3, -0.25) is 21.7 Å². The van der Waals surface area contributed by atoms with Gasteiger partial charge in [-0.2, -0.15) is 20.4 Å². The Morgan fingerprint density at radius 3 is 0.703 bits per heavy atom. The topological polar surface area (TPSA) is 396 Å². The Bertz CT molecular complexity index is 6200. The van der Waals surface area contributed by atoms with Crippen molar-refractivity contribution in [2.24, 2.45) is 20.4 Å². The molecule has 138 heavy (non-hydrogen) atoms. The predicted molar refractivity (Wildman–Crippen MR) is 535 cm³/mol. The molecule has 0 aliphatic rings. The van der Waals surface area contributed by atoms with Crippen LogP contribution in [0, 0.1) is 0 Å². The van der Waals surface area contributed by atoms with Crippen LogP contribution >= 0.6 is 45.3 Å². The van der Waals surface area contributed by atoms with E-state index in [0.29, 0.717) is 82.8 Å². The van der Waals surface area contributed by atoms with Crippen molar-refractivity contribution in [2.75, 3.05) is 74.6 Å². The van der Waals surface area contributed by atoms with Gasteiger partial charge < -0.3 is 56.8 Å². The summed E-state index contributed by atoms with van der Waals surface area (Å²) < 4.78 is 71.2. The number of carbonyl (C=O) groups is 8. The van der Waals surface area contributed by atoms with Crippen LogP contribution in [0.25, 0.3) is 40.9 Å². The molecular weight excluding hydrogens is 1840 g/mol. The fourth-order valence-corrected chi connectivity index (χ4v) is 15.8. The van der Waals surface area contributed by atoms with E-state index < -0.39 is 47.8 Å². The normalized spacial score (nSPS) is 11.1. The number of fused-ring (bicyclic) bond motifs is 4. The molecule has 4 aromatic heterocycles. The first-order valence-electron chi connectivity index (χ1n) is 43.4. The molecule has 10 aromatic carbocycles. The van der Waals surface area contributed by atoms with Crippen molar-refractivity contribution in [3.8, 4) is 46.0 Å². The van der Waals surface area contributed by atoms with Crippen molar-refractivity contribution >= 4 is 179 Å². The Morgan fingerprint density at radius 1 is 0.268 bits per heavy atom. The van der Waals surface area contributed by atoms with E-state index in [1.807, 2.05) is 97.1 Å². The number of para-hydroxylation sites is 4. The van der Waals surface area contributed by atoms with Crippen LogP contribution < -0.4 is 59.6 Å². The van der Waals surface area contributed by atoms with Crippen molar-refractivity contribution < 1.29 is 95.2 Å². The highest BCUT2D eigenvalue weighted by molar-refractivity contribution is 7.23. The van der Waals surface area contributed by atoms with Gasteiger partial charge in [0, 0.05) is 59.4 Å². The molecule has 0 fully saturated rings. The number of ether oxygens (including phenoxy) is 12. The van der Waals surface area contributed by atoms with Crippen molar-refractivity contribution in [2.45, 2.75) is 64.2 Å². The molecule has 0 aliphatic carbocycles. The maximum Gasteiger partial charge on any atom is 0.343 e. The Kier molecular flexibility index (Phi) is 37.5. The molecule has 704 valence electrons. The molecule has 0 spiro atoms. The standard InChI is InChI=1S/C54H52N6O10S2.C48H40N6O10S2/c1-3-49(61)67-31-15-7-5-13-29-65-41-25-21-37(22-26-41)51(63)69-45-33-40(36-56-60-54-58-44-18-10-12-20-48(44)72-54)46(34-39(45)35-55-59-53-57-43-17-9-11-19-47(43)71-53)70-52(64)38-23-27-42(28-24-38)66-30-14-6-8-16-32-68-50(62)4-2;1-3-43(55)61-25-9-23-59-35-19-15-31(16-20-35)45(57)63-39-27-34(30-50-54-48-52-38-12-6-8-14-42(38)66-48)40(28-33(39)29-49-53-47-51-37-11-5-7-13-41(37)65-47)64-46(58)32-17-21-36(22-18-32)60-24-10-26-62-44(56)4-2/h3-4,9-12,17-28,33-36H,1-2,5-8,13-16,29-32H2,(H,57,59)(H,58,60);3-8,11-22,27-30H,1-2,9-10,23-26H2,(H,51,53)(H,52,54)/b55-35+,56-36+;49-29+,50-30+. The highest BCUT2D eigenvalue weighted by Gasteiger charge is 2.23. The van der Waals surface area contributed by atoms with Gasteiger partial charge in [-0.05, 0) is 221 Å². The molecule has 4 heterocycles. The minimum absolute atomic E-state index is 0.0613. The third kappa shape index (κ3) is 30.8. The average molecular weight is 1930 g/mol. The summed E-state index contributed by atoms with van der Waals surface area (Å²) in [7, 11) is 0. The van der Waals surface area contributed by atoms with Crippen LogP contribution in [0.5, 0.6) is 46.0 Å². The molecule has 4 N–H and O–H groups in total. The maximum atomic E-state index is 13.8. The first kappa shape index (κ1) is 99.0. The number of nitrogens with one attached hydrogen (secondary N) is 4. The summed E-state index contributed by atoms with van der Waals surface area (Å²) in [6, 6.07) is 62.6. The van der Waals surface area contributed by atoms with Crippen molar-refractivity contribution in [3.63, 3.8) is 0 Å². The number of anilines is 4. The van der Waals surface area contributed by atoms with Gasteiger partial charge in [0.25, 0.3) is 0 Å². The molecule has 0 amide bonds. The second-order valence-electron chi connectivity index (χ2n) is 29.4. The molecule has 0 radical (unpaired) electrons. The van der Waals surface area contributed by atoms with E-state index in [1.165, 1.54) is 94.5 Å². The first-order valence-corrected chi connectivity index (χ1v) is 46.7. The number of nitrogens with zero attached hydrogens (tertiary/aromatic N) is 8. The molecular formula is C102H92N12O20S4. The smallest absolute Gasteiger partial charge is 0.343 e. The molecule has 0 atom stereocenters. The SMILES string of the molecule is C=CC(=O)OCCCCCCOc1ccc(C(=O)Oc2cc(/C=N/Nc3nc4ccccc4s3)c(OC(=O)c3ccc(OCCCCCCOC(=O)C=C)cc3)cc2/C=N/Nc2nc3ccccc3s2)cc1.C=CC(=O)OCCCOc1ccc(C(=O)Oc2cc(/C=N/Nc3nc4ccccc4s3)c(OC(=O)c3ccc(OCCCOC(=O)C=C)cc3)cc2/C=N/Nc2nc3ccccc3s2)cc1. The highest BCUT2D eigenvalue weighted by atomic mass is 32.1. The molecule has 32 nitrogen and oxygen atoms in total. The zero-order valence-corrected chi connectivity index (χ0v) is 77.6. The quantitative estimate of drug-likeness (QED) is 0.00523. The van der Waals surface area contributed by atoms with E-state index in [0.717, 1.165) is 117 Å². The number of hydrazone groups is 4. The monoisotopic (exact) mass is 1930 g/mol. The highest BCUT2D eigenvalue weighted by Crippen LogP contribution is 2.36. The largest absolute Gasteiger partial charge is 0.494 e. The van der Waals surface area contributed by atoms with Crippen molar-refractivity contribution in [3.05, 3.63) is 314 Å². The molecule has 0 saturated heterocycles. The summed E-state index contributed by atoms with van der Waals surface area (Å²) in [5.41, 5.74) is 17.0. The summed E-state index contributed by atoms with van der Waals surface area (Å²) in [5, 5.41) is 19.8. The van der Waals surface area contributed by atoms with E-state index in [2.05, 4.69) is 88.4 Å². The summed E-state index contributed by atoms with van der Waals surface area (Å²) in [6.45, 7) is 16.1. The molecule has 0 aliphatic heterocycles. The lowest BCUT2D eigenvalue weighted by atomic mass is 10.1. The number of hydrogen-bond acceptors (Lipinski definition) is 36. The minimum atomic E-state index is -0.702. The number of benzene rings is 10. The lowest BCUT2D eigenvalue weighted by Crippen LogP contribution is -2.13. The van der Waals surface area contributed by atoms with Gasteiger partial charge in [0.05, 0.1) is 141 Å². The van der Waals surface area contributed by atoms with Crippen LogP contribution in [0.4, 0.5) is 20.5 Å². The number of esters is 8. The van der Waals surface area contributed by atoms with Crippen LogP contribution in [-0.4, -0.2) is 145 Å². The van der Waals surface area contributed by atoms with E-state index in [4.69, 9.17) is 56.8 Å². The van der Waals surface area contributed by atoms with Crippen molar-refractivity contribution in [1.29, 1.82) is 0 Å². The Hall–Kier alpha value is -16.4. The number of carbonyl (C=O) groups excluding carboxylic acids is 8. The van der Waals surface area contributed by atoms with Gasteiger partial charge >= 0.3 is 47.8 Å². The first-order chi connectivity index (χ1) is 67.5. The number of hydrogen-bond donors (Lipinski definition) is 4. The average Bonchev–Trinajstić information content (AvgIpc) is 1.18. The predicted octanol–water partition coefficient (Wildman–Crippen LogP) is 20.8. The number of unbranched alkanes of at least 4 members (excludes halogenated alkanes) is 6. The Morgan fingerprint density at radius 2 is 0.478 bits per heavy atom. The zero-order valence-electron chi connectivity index (χ0n) is 74.3. The van der Waals surface area contributed by atoms with Gasteiger partial charge in [-0.15, -0.1) is 0 Å². The molecule has 36 heteroatoms. The lowest BCUT2D eigenvalue weighted by Gasteiger charge is -2.14. The third-order valence-electron chi connectivity index (χ3n) is 19.5. The molecule has 14 aromatic rings. The van der Waals surface area contributed by atoms with E-state index in [9.17, 15) is 38.4 Å². The third-order valence-corrected chi connectivity index (χ3v) is 23.2. The number of rotatable bonds is 50. The molecule has 0 bridgehead atoms. The minimum Gasteiger partial charge on any atom is -0.494 e. The summed E-state index contributed by atoms with van der Waals surface area (Å²) >= 11 is 5.63. The number of thiazole rings is 4. The van der Waals surface area contributed by atoms with E-state index in [-0.39, 0.29) is 93.9 Å². The van der Waals surface area contributed by atoms with E-state index >= 15 is 0 Å². The van der Waals surface area contributed by atoms with Gasteiger partial charge in [0.2, 0.25) is 20.5 Å². The fourth-order valence-electron chi connectivity index (χ4n) is 12.6. The van der Waals surface area contributed by atoms with Crippen LogP contribution in [0.15, 0.2) is 289 Å².